The summed E-state index contributed by atoms with van der Waals surface area (Å²) in [5.74, 6) is -2.00. The van der Waals surface area contributed by atoms with Crippen LogP contribution in [0.5, 0.6) is 17.2 Å². The second-order valence-electron chi connectivity index (χ2n) is 7.27. The quantitative estimate of drug-likeness (QED) is 0.188. The molecule has 0 spiro atoms. The van der Waals surface area contributed by atoms with Crippen molar-refractivity contribution < 1.29 is 39.2 Å². The van der Waals surface area contributed by atoms with Gasteiger partial charge in [-0.2, -0.15) is 0 Å². The van der Waals surface area contributed by atoms with Crippen molar-refractivity contribution in [2.24, 2.45) is 5.73 Å². The second-order valence-corrected chi connectivity index (χ2v) is 7.27. The largest absolute Gasteiger partial charge is 0.493 e. The van der Waals surface area contributed by atoms with Crippen LogP contribution in [0.2, 0.25) is 0 Å². The number of carboxylic acids is 3. The first-order valence-corrected chi connectivity index (χ1v) is 10.3. The molecule has 0 bridgehead atoms. The number of hydrogen-bond acceptors (Lipinski definition) is 7. The first-order chi connectivity index (χ1) is 17.0. The molecule has 3 aromatic carbocycles. The van der Waals surface area contributed by atoms with E-state index >= 15 is 0 Å². The van der Waals surface area contributed by atoms with E-state index in [1.165, 1.54) is 31.4 Å². The van der Waals surface area contributed by atoms with Gasteiger partial charge in [-0.25, -0.2) is 9.59 Å². The Morgan fingerprint density at radius 1 is 0.889 bits per heavy atom. The van der Waals surface area contributed by atoms with Crippen molar-refractivity contribution in [2.75, 3.05) is 12.4 Å². The van der Waals surface area contributed by atoms with Crippen LogP contribution in [-0.2, 0) is 9.59 Å². The third-order valence-corrected chi connectivity index (χ3v) is 4.60. The number of methoxy groups -OCH3 is 1. The molecule has 188 valence electrons. The molecule has 0 aromatic heterocycles. The number of nitrogen functional groups attached to an aromatic ring is 1. The Morgan fingerprint density at radius 2 is 1.44 bits per heavy atom. The van der Waals surface area contributed by atoms with Gasteiger partial charge in [0.05, 0.1) is 12.7 Å². The maximum absolute atomic E-state index is 11.9. The number of aromatic carboxylic acids is 1. The fourth-order valence-corrected chi connectivity index (χ4v) is 2.94. The molecule has 3 aromatic rings. The number of carbonyl (C=O) groups is 3. The fourth-order valence-electron chi connectivity index (χ4n) is 2.94. The lowest BCUT2D eigenvalue weighted by Gasteiger charge is -2.18. The summed E-state index contributed by atoms with van der Waals surface area (Å²) in [4.78, 5) is 31.9. The number of hydrogen-bond donors (Lipinski definition) is 6. The maximum atomic E-state index is 11.9. The van der Waals surface area contributed by atoms with Crippen LogP contribution in [0.3, 0.4) is 0 Å². The standard InChI is InChI=1S/C23H21N3O6.C2H4O2/c1-31-19-12-15(6-11-18(19)32-17-9-4-14(5-10-17)22(27)28)20(23(29)30)26-16-7-2-13(3-8-16)21(24)25;1-2(3)4/h2-12,20,26H,1H3,(H3,24,25)(H,27,28)(H,29,30);1H3,(H,3,4). The number of ether oxygens (including phenoxy) is 2. The zero-order chi connectivity index (χ0) is 26.8. The van der Waals surface area contributed by atoms with E-state index in [0.29, 0.717) is 34.1 Å². The molecule has 0 saturated heterocycles. The third-order valence-electron chi connectivity index (χ3n) is 4.60. The third kappa shape index (κ3) is 7.76. The molecule has 0 heterocycles. The summed E-state index contributed by atoms with van der Waals surface area (Å²) in [5.41, 5.74) is 7.07. The summed E-state index contributed by atoms with van der Waals surface area (Å²) in [5, 5.41) is 36.5. The monoisotopic (exact) mass is 495 g/mol. The Kier molecular flexibility index (Phi) is 9.38. The van der Waals surface area contributed by atoms with E-state index in [9.17, 15) is 14.7 Å². The Balaban J connectivity index is 0.00000106. The molecule has 1 unspecified atom stereocenters. The van der Waals surface area contributed by atoms with E-state index in [1.807, 2.05) is 0 Å². The van der Waals surface area contributed by atoms with Gasteiger partial charge >= 0.3 is 11.9 Å². The Hall–Kier alpha value is -5.06. The van der Waals surface area contributed by atoms with Gasteiger partial charge in [-0.05, 0) is 66.2 Å². The van der Waals surface area contributed by atoms with Crippen LogP contribution in [0.15, 0.2) is 66.7 Å². The van der Waals surface area contributed by atoms with Crippen LogP contribution in [0, 0.1) is 5.41 Å². The average Bonchev–Trinajstić information content (AvgIpc) is 2.83. The summed E-state index contributed by atoms with van der Waals surface area (Å²) in [6.45, 7) is 1.08. The zero-order valence-corrected chi connectivity index (χ0v) is 19.4. The molecule has 0 saturated carbocycles. The lowest BCUT2D eigenvalue weighted by Crippen LogP contribution is -2.20. The number of rotatable bonds is 9. The Labute approximate surface area is 206 Å². The molecular weight excluding hydrogens is 470 g/mol. The van der Waals surface area contributed by atoms with Crippen molar-refractivity contribution >= 4 is 29.4 Å². The van der Waals surface area contributed by atoms with Gasteiger partial charge in [0.15, 0.2) is 17.5 Å². The number of amidine groups is 1. The highest BCUT2D eigenvalue weighted by Gasteiger charge is 2.22. The van der Waals surface area contributed by atoms with Crippen molar-refractivity contribution in [1.29, 1.82) is 5.41 Å². The fraction of sp³-hybridized carbons (Fsp3) is 0.120. The van der Waals surface area contributed by atoms with E-state index in [4.69, 9.17) is 35.6 Å². The minimum absolute atomic E-state index is 0.0794. The van der Waals surface area contributed by atoms with Crippen molar-refractivity contribution in [2.45, 2.75) is 13.0 Å². The van der Waals surface area contributed by atoms with Crippen LogP contribution in [0.25, 0.3) is 0 Å². The second kappa shape index (κ2) is 12.4. The summed E-state index contributed by atoms with van der Waals surface area (Å²) >= 11 is 0. The van der Waals surface area contributed by atoms with Gasteiger partial charge in [-0.15, -0.1) is 0 Å². The van der Waals surface area contributed by atoms with E-state index in [2.05, 4.69) is 5.32 Å². The number of carboxylic acid groups (broad SMARTS) is 3. The summed E-state index contributed by atoms with van der Waals surface area (Å²) in [6, 6.07) is 16.0. The van der Waals surface area contributed by atoms with E-state index in [-0.39, 0.29) is 11.4 Å². The van der Waals surface area contributed by atoms with E-state index in [0.717, 1.165) is 6.92 Å². The Morgan fingerprint density at radius 3 is 1.92 bits per heavy atom. The molecule has 11 nitrogen and oxygen atoms in total. The summed E-state index contributed by atoms with van der Waals surface area (Å²) < 4.78 is 11.1. The Bertz CT molecular complexity index is 1240. The number of benzene rings is 3. The average molecular weight is 495 g/mol. The predicted octanol–water partition coefficient (Wildman–Crippen LogP) is 3.80. The molecule has 36 heavy (non-hydrogen) atoms. The molecule has 3 rings (SSSR count). The van der Waals surface area contributed by atoms with Gasteiger partial charge < -0.3 is 35.8 Å². The highest BCUT2D eigenvalue weighted by Crippen LogP contribution is 2.35. The smallest absolute Gasteiger partial charge is 0.335 e. The van der Waals surface area contributed by atoms with Crippen molar-refractivity contribution in [3.05, 3.63) is 83.4 Å². The summed E-state index contributed by atoms with van der Waals surface area (Å²) in [7, 11) is 1.43. The van der Waals surface area contributed by atoms with E-state index < -0.39 is 23.9 Å². The molecule has 0 amide bonds. The zero-order valence-electron chi connectivity index (χ0n) is 19.4. The molecule has 0 radical (unpaired) electrons. The molecule has 11 heteroatoms. The van der Waals surface area contributed by atoms with Crippen LogP contribution in [-0.4, -0.2) is 46.2 Å². The van der Waals surface area contributed by atoms with Gasteiger partial charge in [-0.1, -0.05) is 6.07 Å². The SMILES string of the molecule is CC(=O)O.COc1cc(C(Nc2ccc(C(=N)N)cc2)C(=O)O)ccc1Oc1ccc(C(=O)O)cc1. The highest BCUT2D eigenvalue weighted by atomic mass is 16.5. The molecule has 1 atom stereocenters. The predicted molar refractivity (Wildman–Crippen MR) is 131 cm³/mol. The van der Waals surface area contributed by atoms with E-state index in [1.54, 1.807) is 42.5 Å². The first kappa shape index (κ1) is 27.2. The van der Waals surface area contributed by atoms with Crippen molar-refractivity contribution in [3.8, 4) is 17.2 Å². The van der Waals surface area contributed by atoms with Gasteiger partial charge in [0, 0.05) is 18.2 Å². The topological polar surface area (TPSA) is 192 Å². The lowest BCUT2D eigenvalue weighted by molar-refractivity contribution is -0.138. The minimum Gasteiger partial charge on any atom is -0.493 e. The molecular formula is C25H25N3O8. The molecule has 0 aliphatic rings. The van der Waals surface area contributed by atoms with Crippen molar-refractivity contribution in [3.63, 3.8) is 0 Å². The van der Waals surface area contributed by atoms with Crippen molar-refractivity contribution in [1.82, 2.24) is 0 Å². The van der Waals surface area contributed by atoms with Crippen LogP contribution >= 0.6 is 0 Å². The van der Waals surface area contributed by atoms with Crippen LogP contribution in [0.4, 0.5) is 5.69 Å². The number of nitrogens with one attached hydrogen (secondary N) is 2. The minimum atomic E-state index is -1.10. The molecule has 0 aliphatic heterocycles. The normalized spacial score (nSPS) is 10.7. The highest BCUT2D eigenvalue weighted by molar-refractivity contribution is 5.95. The van der Waals surface area contributed by atoms with Gasteiger partial charge in [-0.3, -0.25) is 10.2 Å². The first-order valence-electron chi connectivity index (χ1n) is 10.3. The summed E-state index contributed by atoms with van der Waals surface area (Å²) in [6.07, 6.45) is 0. The number of aliphatic carboxylic acids is 2. The van der Waals surface area contributed by atoms with Gasteiger partial charge in [0.1, 0.15) is 11.6 Å². The number of nitrogens with two attached hydrogens (primary N) is 1. The molecule has 0 aliphatic carbocycles. The number of anilines is 1. The maximum Gasteiger partial charge on any atom is 0.335 e. The lowest BCUT2D eigenvalue weighted by atomic mass is 10.1. The van der Waals surface area contributed by atoms with Gasteiger partial charge in [0.25, 0.3) is 5.97 Å². The molecule has 0 fully saturated rings. The van der Waals surface area contributed by atoms with Gasteiger partial charge in [0.2, 0.25) is 0 Å². The van der Waals surface area contributed by atoms with Crippen LogP contribution in [0.1, 0.15) is 34.5 Å². The molecule has 7 N–H and O–H groups in total. The van der Waals surface area contributed by atoms with Crippen LogP contribution < -0.4 is 20.5 Å².